The highest BCUT2D eigenvalue weighted by Crippen LogP contribution is 2.38. The highest BCUT2D eigenvalue weighted by molar-refractivity contribution is 7.52. The summed E-state index contributed by atoms with van der Waals surface area (Å²) in [6.07, 6.45) is 2.89. The Balaban J connectivity index is 0. The van der Waals surface area contributed by atoms with Crippen LogP contribution in [0.15, 0.2) is 0 Å². The Morgan fingerprint density at radius 3 is 1.44 bits per heavy atom. The van der Waals surface area contributed by atoms with Crippen LogP contribution >= 0.6 is 15.2 Å². The van der Waals surface area contributed by atoms with E-state index in [4.69, 9.17) is 31.0 Å². The molecule has 0 rings (SSSR count). The van der Waals surface area contributed by atoms with E-state index < -0.39 is 15.2 Å². The molecule has 0 spiro atoms. The number of hydrogen-bond acceptors (Lipinski definition) is 4. The SMILES string of the molecule is CCC[N+](C)(CCC)CCC(N)N.O=P(O)(O)CCCCP(=O)(O)O. The van der Waals surface area contributed by atoms with Gasteiger partial charge in [-0.25, -0.2) is 0 Å². The average molecular weight is 406 g/mol. The molecule has 0 aliphatic rings. The van der Waals surface area contributed by atoms with Crippen molar-refractivity contribution in [3.05, 3.63) is 0 Å². The van der Waals surface area contributed by atoms with Gasteiger partial charge in [0.15, 0.2) is 0 Å². The topological polar surface area (TPSA) is 167 Å². The third kappa shape index (κ3) is 22.1. The minimum atomic E-state index is -4.00. The fourth-order valence-corrected chi connectivity index (χ4v) is 3.78. The lowest BCUT2D eigenvalue weighted by Crippen LogP contribution is -2.48. The quantitative estimate of drug-likeness (QED) is 0.121. The third-order valence-corrected chi connectivity index (χ3v) is 5.48. The molecule has 0 unspecified atom stereocenters. The first-order valence-corrected chi connectivity index (χ1v) is 12.3. The average Bonchev–Trinajstić information content (AvgIpc) is 2.41. The summed E-state index contributed by atoms with van der Waals surface area (Å²) in [6.45, 7) is 8.05. The van der Waals surface area contributed by atoms with E-state index in [2.05, 4.69) is 20.9 Å². The molecular weight excluding hydrogens is 368 g/mol. The minimum absolute atomic E-state index is 0.134. The first-order chi connectivity index (χ1) is 11.2. The Kier molecular flexibility index (Phi) is 14.6. The second kappa shape index (κ2) is 13.4. The Labute approximate surface area is 151 Å². The first-order valence-electron chi connectivity index (χ1n) is 8.68. The van der Waals surface area contributed by atoms with Gasteiger partial charge in [0.1, 0.15) is 0 Å². The Hall–Kier alpha value is 0.180. The van der Waals surface area contributed by atoms with E-state index in [-0.39, 0.29) is 31.3 Å². The van der Waals surface area contributed by atoms with Crippen molar-refractivity contribution in [2.24, 2.45) is 11.5 Å². The number of nitrogens with two attached hydrogens (primary N) is 2. The van der Waals surface area contributed by atoms with Gasteiger partial charge in [-0.2, -0.15) is 0 Å². The number of nitrogens with zero attached hydrogens (tertiary/aromatic N) is 1. The first kappa shape index (κ1) is 27.4. The number of hydrogen-bond donors (Lipinski definition) is 6. The van der Waals surface area contributed by atoms with E-state index in [0.717, 1.165) is 17.4 Å². The molecule has 0 atom stereocenters. The molecule has 0 saturated carbocycles. The number of quaternary nitrogens is 1. The van der Waals surface area contributed by atoms with Gasteiger partial charge in [0.2, 0.25) is 0 Å². The number of unbranched alkanes of at least 4 members (excludes halogenated alkanes) is 1. The smallest absolute Gasteiger partial charge is 0.325 e. The van der Waals surface area contributed by atoms with E-state index in [1.165, 1.54) is 25.9 Å². The molecule has 25 heavy (non-hydrogen) atoms. The van der Waals surface area contributed by atoms with Crippen LogP contribution in [0.4, 0.5) is 0 Å². The molecule has 0 aromatic heterocycles. The summed E-state index contributed by atoms with van der Waals surface area (Å²) < 4.78 is 21.6. The molecule has 0 aromatic carbocycles. The summed E-state index contributed by atoms with van der Waals surface area (Å²) in [7, 11) is -5.70. The summed E-state index contributed by atoms with van der Waals surface area (Å²) in [5.74, 6) is 0. The fourth-order valence-electron chi connectivity index (χ4n) is 2.51. The van der Waals surface area contributed by atoms with Crippen molar-refractivity contribution < 1.29 is 33.2 Å². The van der Waals surface area contributed by atoms with E-state index in [9.17, 15) is 9.13 Å². The fraction of sp³-hybridized carbons (Fsp3) is 1.00. The van der Waals surface area contributed by atoms with Crippen LogP contribution in [-0.2, 0) is 9.13 Å². The van der Waals surface area contributed by atoms with Crippen LogP contribution < -0.4 is 11.5 Å². The summed E-state index contributed by atoms with van der Waals surface area (Å²) in [6, 6.07) is 0. The van der Waals surface area contributed by atoms with Gasteiger partial charge in [-0.1, -0.05) is 13.8 Å². The monoisotopic (exact) mass is 406 g/mol. The second-order valence-electron chi connectivity index (χ2n) is 6.73. The zero-order valence-corrected chi connectivity index (χ0v) is 17.5. The largest absolute Gasteiger partial charge is 0.326 e. The zero-order chi connectivity index (χ0) is 20.1. The predicted molar refractivity (Wildman–Crippen MR) is 101 cm³/mol. The lowest BCUT2D eigenvalue weighted by Gasteiger charge is -2.34. The van der Waals surface area contributed by atoms with Crippen LogP contribution in [0.3, 0.4) is 0 Å². The van der Waals surface area contributed by atoms with Crippen molar-refractivity contribution >= 4 is 15.2 Å². The normalized spacial score (nSPS) is 12.9. The van der Waals surface area contributed by atoms with Crippen LogP contribution in [-0.4, -0.2) is 69.2 Å². The molecular formula is C14H38N3O6P2+. The molecule has 0 fully saturated rings. The van der Waals surface area contributed by atoms with Crippen LogP contribution in [0.1, 0.15) is 46.0 Å². The van der Waals surface area contributed by atoms with Crippen LogP contribution in [0.5, 0.6) is 0 Å². The third-order valence-electron chi connectivity index (χ3n) is 3.68. The Morgan fingerprint density at radius 1 is 0.840 bits per heavy atom. The summed E-state index contributed by atoms with van der Waals surface area (Å²) in [5, 5.41) is 0. The maximum absolute atomic E-state index is 10.3. The van der Waals surface area contributed by atoms with E-state index in [0.29, 0.717) is 0 Å². The van der Waals surface area contributed by atoms with Gasteiger partial charge >= 0.3 is 15.2 Å². The highest BCUT2D eigenvalue weighted by Gasteiger charge is 2.19. The zero-order valence-electron chi connectivity index (χ0n) is 15.8. The Bertz CT molecular complexity index is 395. The van der Waals surface area contributed by atoms with Crippen LogP contribution in [0, 0.1) is 0 Å². The van der Waals surface area contributed by atoms with Gasteiger partial charge in [-0.3, -0.25) is 9.13 Å². The van der Waals surface area contributed by atoms with Crippen molar-refractivity contribution in [1.82, 2.24) is 0 Å². The lowest BCUT2D eigenvalue weighted by molar-refractivity contribution is -0.910. The molecule has 0 heterocycles. The number of rotatable bonds is 12. The summed E-state index contributed by atoms with van der Waals surface area (Å²) in [4.78, 5) is 33.5. The molecule has 11 heteroatoms. The molecule has 0 saturated heterocycles. The molecule has 0 aliphatic heterocycles. The standard InChI is InChI=1S/C10H26N3.C4H12O6P2/c1-4-7-13(3,8-5-2)9-6-10(11)12;5-11(6,7)3-1-2-4-12(8,9)10/h10H,4-9,11-12H2,1-3H3;1-4H2,(H2,5,6,7)(H2,8,9,10)/q+1;. The molecule has 8 N–H and O–H groups in total. The lowest BCUT2D eigenvalue weighted by atomic mass is 10.2. The molecule has 9 nitrogen and oxygen atoms in total. The van der Waals surface area contributed by atoms with Crippen molar-refractivity contribution in [3.63, 3.8) is 0 Å². The van der Waals surface area contributed by atoms with Gasteiger partial charge in [-0.05, 0) is 25.7 Å². The molecule has 0 radical (unpaired) electrons. The molecule has 0 amide bonds. The molecule has 0 aromatic rings. The molecule has 154 valence electrons. The van der Waals surface area contributed by atoms with Gasteiger partial charge in [0, 0.05) is 18.7 Å². The molecule has 0 aliphatic carbocycles. The summed E-state index contributed by atoms with van der Waals surface area (Å²) in [5.41, 5.74) is 11.1. The second-order valence-corrected chi connectivity index (χ2v) is 10.3. The minimum Gasteiger partial charge on any atom is -0.326 e. The van der Waals surface area contributed by atoms with Crippen LogP contribution in [0.25, 0.3) is 0 Å². The maximum Gasteiger partial charge on any atom is 0.325 e. The summed E-state index contributed by atoms with van der Waals surface area (Å²) >= 11 is 0. The van der Waals surface area contributed by atoms with E-state index in [1.807, 2.05) is 0 Å². The van der Waals surface area contributed by atoms with E-state index >= 15 is 0 Å². The maximum atomic E-state index is 10.3. The predicted octanol–water partition coefficient (Wildman–Crippen LogP) is 1.01. The van der Waals surface area contributed by atoms with Crippen molar-refractivity contribution in [3.8, 4) is 0 Å². The van der Waals surface area contributed by atoms with Crippen molar-refractivity contribution in [2.75, 3.05) is 39.0 Å². The van der Waals surface area contributed by atoms with Crippen molar-refractivity contribution in [2.45, 2.75) is 52.1 Å². The molecule has 0 bridgehead atoms. The van der Waals surface area contributed by atoms with Crippen molar-refractivity contribution in [1.29, 1.82) is 0 Å². The van der Waals surface area contributed by atoms with Gasteiger partial charge in [0.25, 0.3) is 0 Å². The van der Waals surface area contributed by atoms with E-state index in [1.54, 1.807) is 0 Å². The van der Waals surface area contributed by atoms with Gasteiger partial charge < -0.3 is 35.5 Å². The van der Waals surface area contributed by atoms with Gasteiger partial charge in [-0.15, -0.1) is 0 Å². The van der Waals surface area contributed by atoms with Crippen LogP contribution in [0.2, 0.25) is 0 Å². The Morgan fingerprint density at radius 2 is 1.20 bits per heavy atom. The highest BCUT2D eigenvalue weighted by atomic mass is 31.2. The van der Waals surface area contributed by atoms with Gasteiger partial charge in [0.05, 0.1) is 32.8 Å².